The van der Waals surface area contributed by atoms with Gasteiger partial charge in [-0.05, 0) is 56.7 Å². The number of hydrogen-bond acceptors (Lipinski definition) is 7. The summed E-state index contributed by atoms with van der Waals surface area (Å²) in [6.45, 7) is 1.67. The normalized spacial score (nSPS) is 23.0. The molecule has 0 unspecified atom stereocenters. The Kier molecular flexibility index (Phi) is 6.64. The summed E-state index contributed by atoms with van der Waals surface area (Å²) in [6.07, 6.45) is 6.56. The number of hydrogen-bond donors (Lipinski definition) is 3. The summed E-state index contributed by atoms with van der Waals surface area (Å²) < 4.78 is 20.0. The zero-order valence-corrected chi connectivity index (χ0v) is 17.6. The van der Waals surface area contributed by atoms with E-state index in [9.17, 15) is 9.65 Å². The van der Waals surface area contributed by atoms with Crippen LogP contribution in [0.4, 0.5) is 16.0 Å². The number of halogens is 1. The van der Waals surface area contributed by atoms with Crippen molar-refractivity contribution in [3.63, 3.8) is 0 Å². The Bertz CT molecular complexity index is 932. The summed E-state index contributed by atoms with van der Waals surface area (Å²) in [7, 11) is 0. The Hall–Kier alpha value is -2.76. The van der Waals surface area contributed by atoms with Gasteiger partial charge in [-0.1, -0.05) is 6.07 Å². The highest BCUT2D eigenvalue weighted by atomic mass is 19.1. The number of aromatic nitrogens is 2. The fraction of sp³-hybridized carbons (Fsp3) is 0.522. The minimum Gasteiger partial charge on any atom is -0.381 e. The Balaban J connectivity index is 1.47. The molecule has 0 spiro atoms. The molecule has 3 heterocycles. The second-order valence-electron chi connectivity index (χ2n) is 8.57. The summed E-state index contributed by atoms with van der Waals surface area (Å²) in [5.74, 6) is 0.840. The van der Waals surface area contributed by atoms with E-state index in [0.29, 0.717) is 61.5 Å². The summed E-state index contributed by atoms with van der Waals surface area (Å²) in [4.78, 5) is 8.80. The van der Waals surface area contributed by atoms with Crippen molar-refractivity contribution in [3.05, 3.63) is 36.3 Å². The Morgan fingerprint density at radius 3 is 2.71 bits per heavy atom. The number of nitrogens with one attached hydrogen (secondary N) is 2. The lowest BCUT2D eigenvalue weighted by molar-refractivity contribution is 0.0455. The highest BCUT2D eigenvalue weighted by molar-refractivity contribution is 5.65. The van der Waals surface area contributed by atoms with Gasteiger partial charge < -0.3 is 21.1 Å². The highest BCUT2D eigenvalue weighted by Gasteiger charge is 2.32. The molecular formula is C23H29FN6O. The lowest BCUT2D eigenvalue weighted by Gasteiger charge is -2.30. The van der Waals surface area contributed by atoms with Gasteiger partial charge in [0.2, 0.25) is 0 Å². The number of nitrogens with two attached hydrogens (primary N) is 1. The third-order valence-corrected chi connectivity index (χ3v) is 6.30. The third-order valence-electron chi connectivity index (χ3n) is 6.30. The van der Waals surface area contributed by atoms with Crippen molar-refractivity contribution < 1.29 is 9.13 Å². The van der Waals surface area contributed by atoms with E-state index in [-0.39, 0.29) is 6.04 Å². The lowest BCUT2D eigenvalue weighted by Crippen LogP contribution is -2.34. The maximum Gasteiger partial charge on any atom is 0.151 e. The van der Waals surface area contributed by atoms with Crippen LogP contribution in [0.15, 0.2) is 30.5 Å². The SMILES string of the molecule is N#CC1(CNc2cccc(-c3cc(N[C@H]4CC[C@H](N)CC4)ncc3F)n2)CCOCC1. The maximum absolute atomic E-state index is 14.6. The van der Waals surface area contributed by atoms with Crippen LogP contribution >= 0.6 is 0 Å². The molecule has 1 saturated heterocycles. The van der Waals surface area contributed by atoms with E-state index < -0.39 is 11.2 Å². The van der Waals surface area contributed by atoms with Gasteiger partial charge in [-0.25, -0.2) is 14.4 Å². The summed E-state index contributed by atoms with van der Waals surface area (Å²) in [6, 6.07) is 10.2. The van der Waals surface area contributed by atoms with Crippen molar-refractivity contribution in [2.45, 2.75) is 50.6 Å². The van der Waals surface area contributed by atoms with Crippen LogP contribution < -0.4 is 16.4 Å². The Morgan fingerprint density at radius 2 is 1.97 bits per heavy atom. The van der Waals surface area contributed by atoms with Crippen LogP contribution in [0, 0.1) is 22.6 Å². The average Bonchev–Trinajstić information content (AvgIpc) is 2.81. The molecule has 0 bridgehead atoms. The molecule has 1 aliphatic heterocycles. The first-order chi connectivity index (χ1) is 15.1. The third kappa shape index (κ3) is 5.30. The minimum absolute atomic E-state index is 0.274. The van der Waals surface area contributed by atoms with Crippen molar-refractivity contribution in [3.8, 4) is 17.3 Å². The van der Waals surface area contributed by atoms with Crippen LogP contribution in [0.1, 0.15) is 38.5 Å². The molecule has 2 aliphatic rings. The van der Waals surface area contributed by atoms with Crippen molar-refractivity contribution in [1.29, 1.82) is 5.26 Å². The van der Waals surface area contributed by atoms with E-state index in [4.69, 9.17) is 10.5 Å². The van der Waals surface area contributed by atoms with E-state index in [0.717, 1.165) is 25.7 Å². The van der Waals surface area contributed by atoms with E-state index in [1.165, 1.54) is 6.20 Å². The highest BCUT2D eigenvalue weighted by Crippen LogP contribution is 2.31. The first-order valence-electron chi connectivity index (χ1n) is 10.9. The lowest BCUT2D eigenvalue weighted by atomic mass is 9.82. The maximum atomic E-state index is 14.6. The number of nitriles is 1. The first kappa shape index (κ1) is 21.5. The molecule has 2 aromatic rings. The second kappa shape index (κ2) is 9.58. The van der Waals surface area contributed by atoms with E-state index in [2.05, 4.69) is 26.7 Å². The Labute approximate surface area is 182 Å². The van der Waals surface area contributed by atoms with Crippen molar-refractivity contribution in [1.82, 2.24) is 9.97 Å². The fourth-order valence-corrected chi connectivity index (χ4v) is 4.22. The van der Waals surface area contributed by atoms with Gasteiger partial charge in [0, 0.05) is 37.4 Å². The Morgan fingerprint density at radius 1 is 1.19 bits per heavy atom. The molecule has 0 aromatic carbocycles. The smallest absolute Gasteiger partial charge is 0.151 e. The molecule has 4 rings (SSSR count). The molecule has 164 valence electrons. The molecule has 2 aromatic heterocycles. The standard InChI is InChI=1S/C23H29FN6O/c24-19-13-27-22(29-17-6-4-16(26)5-7-17)12-18(19)20-2-1-3-21(30-20)28-15-23(14-25)8-10-31-11-9-23/h1-3,12-13,16-17H,4-11,15,26H2,(H,27,29)(H,28,30)/t16-,17-. The fourth-order valence-electron chi connectivity index (χ4n) is 4.22. The number of nitrogens with zero attached hydrogens (tertiary/aromatic N) is 3. The van der Waals surface area contributed by atoms with Crippen molar-refractivity contribution in [2.75, 3.05) is 30.4 Å². The number of pyridine rings is 2. The molecule has 1 aliphatic carbocycles. The van der Waals surface area contributed by atoms with Crippen LogP contribution in [-0.4, -0.2) is 41.8 Å². The quantitative estimate of drug-likeness (QED) is 0.649. The van der Waals surface area contributed by atoms with E-state index in [1.807, 2.05) is 12.1 Å². The zero-order chi connectivity index (χ0) is 21.7. The molecular weight excluding hydrogens is 395 g/mol. The topological polar surface area (TPSA) is 109 Å². The number of ether oxygens (including phenoxy) is 1. The van der Waals surface area contributed by atoms with Crippen LogP contribution in [0.5, 0.6) is 0 Å². The molecule has 0 radical (unpaired) electrons. The van der Waals surface area contributed by atoms with Crippen molar-refractivity contribution >= 4 is 11.6 Å². The van der Waals surface area contributed by atoms with Crippen LogP contribution in [0.3, 0.4) is 0 Å². The van der Waals surface area contributed by atoms with Gasteiger partial charge >= 0.3 is 0 Å². The van der Waals surface area contributed by atoms with Crippen molar-refractivity contribution in [2.24, 2.45) is 11.1 Å². The first-order valence-corrected chi connectivity index (χ1v) is 10.9. The predicted molar refractivity (Wildman–Crippen MR) is 118 cm³/mol. The summed E-state index contributed by atoms with van der Waals surface area (Å²) in [5, 5.41) is 16.3. The average molecular weight is 425 g/mol. The number of rotatable bonds is 6. The zero-order valence-electron chi connectivity index (χ0n) is 17.6. The predicted octanol–water partition coefficient (Wildman–Crippen LogP) is 3.70. The summed E-state index contributed by atoms with van der Waals surface area (Å²) >= 11 is 0. The monoisotopic (exact) mass is 424 g/mol. The molecule has 2 fully saturated rings. The molecule has 31 heavy (non-hydrogen) atoms. The van der Waals surface area contributed by atoms with Gasteiger partial charge in [-0.2, -0.15) is 5.26 Å². The summed E-state index contributed by atoms with van der Waals surface area (Å²) in [5.41, 5.74) is 6.44. The molecule has 1 saturated carbocycles. The van der Waals surface area contributed by atoms with Crippen LogP contribution in [0.25, 0.3) is 11.3 Å². The van der Waals surface area contributed by atoms with Gasteiger partial charge in [0.05, 0.1) is 23.4 Å². The number of anilines is 2. The van der Waals surface area contributed by atoms with E-state index >= 15 is 0 Å². The van der Waals surface area contributed by atoms with Gasteiger partial charge in [-0.15, -0.1) is 0 Å². The molecule has 7 nitrogen and oxygen atoms in total. The second-order valence-corrected chi connectivity index (χ2v) is 8.57. The molecule has 0 atom stereocenters. The van der Waals surface area contributed by atoms with Gasteiger partial charge in [0.15, 0.2) is 5.82 Å². The van der Waals surface area contributed by atoms with Gasteiger partial charge in [0.25, 0.3) is 0 Å². The van der Waals surface area contributed by atoms with E-state index in [1.54, 1.807) is 12.1 Å². The minimum atomic E-state index is -0.461. The molecule has 4 N–H and O–H groups in total. The van der Waals surface area contributed by atoms with Crippen LogP contribution in [0.2, 0.25) is 0 Å². The van der Waals surface area contributed by atoms with Gasteiger partial charge in [0.1, 0.15) is 11.6 Å². The largest absolute Gasteiger partial charge is 0.381 e. The molecule has 0 amide bonds. The van der Waals surface area contributed by atoms with Crippen LogP contribution in [-0.2, 0) is 4.74 Å². The van der Waals surface area contributed by atoms with Gasteiger partial charge in [-0.3, -0.25) is 0 Å². The molecule has 8 heteroatoms.